The first kappa shape index (κ1) is 32.8. The van der Waals surface area contributed by atoms with Gasteiger partial charge in [0.15, 0.2) is 0 Å². The van der Waals surface area contributed by atoms with E-state index in [4.69, 9.17) is 0 Å². The van der Waals surface area contributed by atoms with Crippen LogP contribution in [0.5, 0.6) is 0 Å². The van der Waals surface area contributed by atoms with Gasteiger partial charge in [-0.15, -0.1) is 0 Å². The average Bonchev–Trinajstić information content (AvgIpc) is 2.91. The summed E-state index contributed by atoms with van der Waals surface area (Å²) in [5.74, 6) is 9.24. The molecule has 2 aromatic carbocycles. The van der Waals surface area contributed by atoms with Crippen LogP contribution in [-0.2, 0) is 19.2 Å². The van der Waals surface area contributed by atoms with Crippen molar-refractivity contribution in [1.82, 2.24) is 16.0 Å². The summed E-state index contributed by atoms with van der Waals surface area (Å²) in [7, 11) is 0. The summed E-state index contributed by atoms with van der Waals surface area (Å²) < 4.78 is 0. The van der Waals surface area contributed by atoms with E-state index >= 15 is 0 Å². The quantitative estimate of drug-likeness (QED) is 0.268. The standard InChI is InChI=1S/C34H41N3O4/c1-25(2)31(26-16-10-8-11-17-26)33(41)37-24-36-30(40)21-15-7-6-14-20-29(39)35-23-22-28(38)32(34(3,4)5)27-18-12-9-13-19-27/h8-13,16-19,25,31-32H,20-24H2,1-5H3,(H,35,39)(H,36,40)(H,37,41). The number of carbonyl (C=O) groups excluding carboxylic acids is 4. The Morgan fingerprint density at radius 2 is 1.24 bits per heavy atom. The number of amides is 3. The third kappa shape index (κ3) is 11.7. The number of nitrogens with one attached hydrogen (secondary N) is 3. The Hall–Kier alpha value is -4.36. The Kier molecular flexibility index (Phi) is 13.4. The van der Waals surface area contributed by atoms with E-state index in [-0.39, 0.29) is 79.1 Å². The van der Waals surface area contributed by atoms with Crippen molar-refractivity contribution >= 4 is 23.5 Å². The Labute approximate surface area is 244 Å². The molecule has 0 aliphatic heterocycles. The zero-order chi connectivity index (χ0) is 30.3. The molecule has 3 N–H and O–H groups in total. The topological polar surface area (TPSA) is 104 Å². The van der Waals surface area contributed by atoms with E-state index < -0.39 is 0 Å². The molecular formula is C34H41N3O4. The van der Waals surface area contributed by atoms with E-state index in [1.165, 1.54) is 0 Å². The molecule has 3 amide bonds. The minimum absolute atomic E-state index is 0.00556. The van der Waals surface area contributed by atoms with Crippen LogP contribution in [0, 0.1) is 35.0 Å². The second kappa shape index (κ2) is 16.7. The summed E-state index contributed by atoms with van der Waals surface area (Å²) in [5.41, 5.74) is 1.66. The predicted molar refractivity (Wildman–Crippen MR) is 161 cm³/mol. The highest BCUT2D eigenvalue weighted by Crippen LogP contribution is 2.36. The number of hydrogen-bond donors (Lipinski definition) is 3. The lowest BCUT2D eigenvalue weighted by Crippen LogP contribution is -2.40. The zero-order valence-corrected chi connectivity index (χ0v) is 24.7. The molecular weight excluding hydrogens is 514 g/mol. The molecule has 2 atom stereocenters. The van der Waals surface area contributed by atoms with E-state index in [1.54, 1.807) is 0 Å². The van der Waals surface area contributed by atoms with Gasteiger partial charge in [-0.1, -0.05) is 107 Å². The third-order valence-electron chi connectivity index (χ3n) is 6.41. The first-order valence-corrected chi connectivity index (χ1v) is 13.9. The van der Waals surface area contributed by atoms with Crippen LogP contribution in [0.3, 0.4) is 0 Å². The van der Waals surface area contributed by atoms with E-state index in [0.29, 0.717) is 0 Å². The number of benzene rings is 2. The molecule has 2 unspecified atom stereocenters. The second-order valence-corrected chi connectivity index (χ2v) is 11.2. The van der Waals surface area contributed by atoms with Gasteiger partial charge in [0, 0.05) is 18.9 Å². The first-order chi connectivity index (χ1) is 19.5. The van der Waals surface area contributed by atoms with E-state index in [2.05, 4.69) is 39.6 Å². The maximum atomic E-state index is 12.9. The molecule has 0 radical (unpaired) electrons. The maximum Gasteiger partial charge on any atom is 0.233 e. The SMILES string of the molecule is CC(C)C(C(=O)NCNC(=O)CC#CC#CCC(=O)NCCC(=O)C(c1ccccc1)C(C)(C)C)c1ccccc1. The molecule has 2 aromatic rings. The van der Waals surface area contributed by atoms with E-state index in [9.17, 15) is 19.2 Å². The van der Waals surface area contributed by atoms with Crippen LogP contribution in [0.4, 0.5) is 0 Å². The molecule has 0 aliphatic rings. The third-order valence-corrected chi connectivity index (χ3v) is 6.41. The lowest BCUT2D eigenvalue weighted by atomic mass is 9.73. The molecule has 0 aromatic heterocycles. The van der Waals surface area contributed by atoms with Crippen molar-refractivity contribution in [2.45, 2.75) is 65.7 Å². The van der Waals surface area contributed by atoms with Crippen molar-refractivity contribution in [3.05, 3.63) is 71.8 Å². The highest BCUT2D eigenvalue weighted by molar-refractivity contribution is 5.87. The summed E-state index contributed by atoms with van der Waals surface area (Å²) in [5, 5.41) is 8.09. The van der Waals surface area contributed by atoms with Gasteiger partial charge in [0.1, 0.15) is 5.78 Å². The van der Waals surface area contributed by atoms with Crippen LogP contribution in [0.15, 0.2) is 60.7 Å². The number of Topliss-reactive ketones (excluding diaryl/α,β-unsaturated/α-hetero) is 1. The Morgan fingerprint density at radius 3 is 1.76 bits per heavy atom. The fraction of sp³-hybridized carbons (Fsp3) is 0.412. The van der Waals surface area contributed by atoms with Gasteiger partial charge in [0.05, 0.1) is 25.4 Å². The van der Waals surface area contributed by atoms with Crippen LogP contribution in [-0.4, -0.2) is 36.7 Å². The molecule has 41 heavy (non-hydrogen) atoms. The van der Waals surface area contributed by atoms with Crippen LogP contribution < -0.4 is 16.0 Å². The van der Waals surface area contributed by atoms with Crippen molar-refractivity contribution in [3.8, 4) is 23.7 Å². The number of ketones is 1. The summed E-state index contributed by atoms with van der Waals surface area (Å²) in [6, 6.07) is 19.2. The zero-order valence-electron chi connectivity index (χ0n) is 24.7. The van der Waals surface area contributed by atoms with Crippen LogP contribution in [0.1, 0.15) is 76.8 Å². The lowest BCUT2D eigenvalue weighted by Gasteiger charge is -2.30. The van der Waals surface area contributed by atoms with Crippen LogP contribution in [0.2, 0.25) is 0 Å². The van der Waals surface area contributed by atoms with Gasteiger partial charge < -0.3 is 16.0 Å². The Morgan fingerprint density at radius 1 is 0.732 bits per heavy atom. The van der Waals surface area contributed by atoms with Crippen molar-refractivity contribution in [1.29, 1.82) is 0 Å². The Balaban J connectivity index is 1.69. The van der Waals surface area contributed by atoms with Gasteiger partial charge in [-0.3, -0.25) is 19.2 Å². The van der Waals surface area contributed by atoms with Gasteiger partial charge in [0.2, 0.25) is 17.7 Å². The predicted octanol–water partition coefficient (Wildman–Crippen LogP) is 4.31. The molecule has 0 heterocycles. The molecule has 7 nitrogen and oxygen atoms in total. The monoisotopic (exact) mass is 555 g/mol. The molecule has 0 spiro atoms. The highest BCUT2D eigenvalue weighted by Gasteiger charge is 2.32. The Bertz CT molecular complexity index is 1290. The molecule has 2 rings (SSSR count). The van der Waals surface area contributed by atoms with Crippen molar-refractivity contribution < 1.29 is 19.2 Å². The van der Waals surface area contributed by atoms with Gasteiger partial charge in [-0.2, -0.15) is 0 Å². The fourth-order valence-corrected chi connectivity index (χ4v) is 4.59. The largest absolute Gasteiger partial charge is 0.355 e. The molecule has 0 fully saturated rings. The highest BCUT2D eigenvalue weighted by atomic mass is 16.2. The molecule has 0 saturated carbocycles. The summed E-state index contributed by atoms with van der Waals surface area (Å²) in [6.45, 7) is 10.3. The van der Waals surface area contributed by atoms with Gasteiger partial charge in [-0.05, 0) is 34.3 Å². The number of carbonyl (C=O) groups is 4. The van der Waals surface area contributed by atoms with Crippen LogP contribution in [0.25, 0.3) is 0 Å². The average molecular weight is 556 g/mol. The maximum absolute atomic E-state index is 12.9. The van der Waals surface area contributed by atoms with E-state index in [1.807, 2.05) is 95.3 Å². The number of rotatable bonds is 12. The summed E-state index contributed by atoms with van der Waals surface area (Å²) >= 11 is 0. The summed E-state index contributed by atoms with van der Waals surface area (Å²) in [6.07, 6.45) is 0.0954. The van der Waals surface area contributed by atoms with Crippen molar-refractivity contribution in [2.75, 3.05) is 13.2 Å². The number of hydrogen-bond acceptors (Lipinski definition) is 4. The fourth-order valence-electron chi connectivity index (χ4n) is 4.59. The molecule has 0 bridgehead atoms. The van der Waals surface area contributed by atoms with Gasteiger partial charge in [0.25, 0.3) is 0 Å². The lowest BCUT2D eigenvalue weighted by molar-refractivity contribution is -0.125. The summed E-state index contributed by atoms with van der Waals surface area (Å²) in [4.78, 5) is 49.6. The molecule has 216 valence electrons. The smallest absolute Gasteiger partial charge is 0.233 e. The van der Waals surface area contributed by atoms with Crippen LogP contribution >= 0.6 is 0 Å². The van der Waals surface area contributed by atoms with Gasteiger partial charge in [-0.25, -0.2) is 0 Å². The van der Waals surface area contributed by atoms with Crippen molar-refractivity contribution in [2.24, 2.45) is 11.3 Å². The second-order valence-electron chi connectivity index (χ2n) is 11.2. The molecule has 7 heteroatoms. The minimum Gasteiger partial charge on any atom is -0.355 e. The molecule has 0 aliphatic carbocycles. The molecule has 0 saturated heterocycles. The first-order valence-electron chi connectivity index (χ1n) is 13.9. The van der Waals surface area contributed by atoms with Crippen molar-refractivity contribution in [3.63, 3.8) is 0 Å². The van der Waals surface area contributed by atoms with Gasteiger partial charge >= 0.3 is 0 Å². The minimum atomic E-state index is -0.341. The normalized spacial score (nSPS) is 12.0. The van der Waals surface area contributed by atoms with E-state index in [0.717, 1.165) is 11.1 Å².